The summed E-state index contributed by atoms with van der Waals surface area (Å²) in [7, 11) is 0. The summed E-state index contributed by atoms with van der Waals surface area (Å²) >= 11 is 0. The maximum absolute atomic E-state index is 13.9. The number of hydrogen-bond donors (Lipinski definition) is 1. The fraction of sp³-hybridized carbons (Fsp3) is 0.435. The third-order valence-corrected chi connectivity index (χ3v) is 5.91. The van der Waals surface area contributed by atoms with Crippen LogP contribution in [-0.4, -0.2) is 49.8 Å². The Hall–Kier alpha value is -2.44. The number of nitrogens with zero attached hydrogens (tertiary/aromatic N) is 2. The zero-order valence-corrected chi connectivity index (χ0v) is 16.8. The van der Waals surface area contributed by atoms with Gasteiger partial charge >= 0.3 is 6.03 Å². The lowest BCUT2D eigenvalue weighted by Gasteiger charge is -2.37. The number of amides is 2. The average Bonchev–Trinajstić information content (AvgIpc) is 2.74. The molecule has 0 spiro atoms. The number of benzene rings is 2. The Morgan fingerprint density at radius 3 is 2.79 bits per heavy atom. The maximum Gasteiger partial charge on any atom is 0.322 e. The number of anilines is 1. The first-order valence-electron chi connectivity index (χ1n) is 10.4. The van der Waals surface area contributed by atoms with Crippen LogP contribution in [0.1, 0.15) is 30.5 Å². The standard InChI is InChI=1S/C23H28FN3O2/c1-17-9-10-18-5-2-3-8-21(18)27(17)23(28)25-16-22(26-11-13-29-14-12-26)19-6-4-7-20(24)15-19/h2-8,15,17,22H,9-14,16H2,1H3,(H,25,28). The van der Waals surface area contributed by atoms with Gasteiger partial charge in [-0.05, 0) is 49.1 Å². The van der Waals surface area contributed by atoms with E-state index in [9.17, 15) is 9.18 Å². The molecule has 0 aromatic heterocycles. The second-order valence-corrected chi connectivity index (χ2v) is 7.79. The van der Waals surface area contributed by atoms with Crippen LogP contribution in [-0.2, 0) is 11.2 Å². The van der Waals surface area contributed by atoms with E-state index in [0.29, 0.717) is 19.8 Å². The number of morpholine rings is 1. The molecule has 2 atom stereocenters. The van der Waals surface area contributed by atoms with Crippen LogP contribution < -0.4 is 10.2 Å². The van der Waals surface area contributed by atoms with E-state index in [1.807, 2.05) is 29.2 Å². The molecule has 2 heterocycles. The Bertz CT molecular complexity index is 854. The summed E-state index contributed by atoms with van der Waals surface area (Å²) in [5.74, 6) is -0.259. The van der Waals surface area contributed by atoms with E-state index >= 15 is 0 Å². The highest BCUT2D eigenvalue weighted by molar-refractivity contribution is 5.93. The van der Waals surface area contributed by atoms with Gasteiger partial charge in [-0.1, -0.05) is 30.3 Å². The normalized spacial score (nSPS) is 20.8. The molecule has 0 aliphatic carbocycles. The van der Waals surface area contributed by atoms with E-state index in [1.54, 1.807) is 12.1 Å². The van der Waals surface area contributed by atoms with Gasteiger partial charge in [-0.15, -0.1) is 0 Å². The fourth-order valence-electron chi connectivity index (χ4n) is 4.33. The summed E-state index contributed by atoms with van der Waals surface area (Å²) in [6.07, 6.45) is 1.93. The van der Waals surface area contributed by atoms with Crippen molar-refractivity contribution in [2.24, 2.45) is 0 Å². The number of halogens is 1. The predicted molar refractivity (Wildman–Crippen MR) is 112 cm³/mol. The van der Waals surface area contributed by atoms with E-state index in [-0.39, 0.29) is 23.9 Å². The first-order chi connectivity index (χ1) is 14.1. The lowest BCUT2D eigenvalue weighted by molar-refractivity contribution is 0.0167. The zero-order chi connectivity index (χ0) is 20.2. The van der Waals surface area contributed by atoms with Gasteiger partial charge in [0.15, 0.2) is 0 Å². The van der Waals surface area contributed by atoms with Gasteiger partial charge in [0.2, 0.25) is 0 Å². The Morgan fingerprint density at radius 2 is 2.00 bits per heavy atom. The number of para-hydroxylation sites is 1. The van der Waals surface area contributed by atoms with Gasteiger partial charge in [0, 0.05) is 31.4 Å². The number of rotatable bonds is 4. The van der Waals surface area contributed by atoms with Crippen molar-refractivity contribution in [3.8, 4) is 0 Å². The van der Waals surface area contributed by atoms with Gasteiger partial charge < -0.3 is 10.1 Å². The number of urea groups is 1. The van der Waals surface area contributed by atoms with Gasteiger partial charge in [-0.2, -0.15) is 0 Å². The smallest absolute Gasteiger partial charge is 0.322 e. The summed E-state index contributed by atoms with van der Waals surface area (Å²) in [5, 5.41) is 3.12. The molecule has 2 unspecified atom stereocenters. The topological polar surface area (TPSA) is 44.8 Å². The third-order valence-electron chi connectivity index (χ3n) is 5.91. The van der Waals surface area contributed by atoms with Gasteiger partial charge in [-0.25, -0.2) is 9.18 Å². The molecular weight excluding hydrogens is 369 g/mol. The molecule has 2 aliphatic rings. The van der Waals surface area contributed by atoms with Gasteiger partial charge in [-0.3, -0.25) is 9.80 Å². The van der Waals surface area contributed by atoms with Crippen LogP contribution in [0.2, 0.25) is 0 Å². The number of aryl methyl sites for hydroxylation is 1. The van der Waals surface area contributed by atoms with Crippen LogP contribution in [0.25, 0.3) is 0 Å². The van der Waals surface area contributed by atoms with Crippen molar-refractivity contribution in [1.82, 2.24) is 10.2 Å². The highest BCUT2D eigenvalue weighted by Gasteiger charge is 2.29. The number of ether oxygens (including phenoxy) is 1. The Morgan fingerprint density at radius 1 is 1.21 bits per heavy atom. The van der Waals surface area contributed by atoms with Crippen molar-refractivity contribution >= 4 is 11.7 Å². The Kier molecular flexibility index (Phi) is 6.11. The minimum absolute atomic E-state index is 0.0890. The molecule has 154 valence electrons. The quantitative estimate of drug-likeness (QED) is 0.855. The van der Waals surface area contributed by atoms with E-state index in [1.165, 1.54) is 11.6 Å². The highest BCUT2D eigenvalue weighted by Crippen LogP contribution is 2.30. The SMILES string of the molecule is CC1CCc2ccccc2N1C(=O)NCC(c1cccc(F)c1)N1CCOCC1. The molecule has 2 aromatic rings. The Balaban J connectivity index is 1.52. The van der Waals surface area contributed by atoms with E-state index in [4.69, 9.17) is 4.74 Å². The lowest BCUT2D eigenvalue weighted by atomic mass is 9.97. The highest BCUT2D eigenvalue weighted by atomic mass is 19.1. The molecule has 2 aromatic carbocycles. The van der Waals surface area contributed by atoms with Crippen LogP contribution in [0.15, 0.2) is 48.5 Å². The monoisotopic (exact) mass is 397 g/mol. The van der Waals surface area contributed by atoms with Gasteiger partial charge in [0.05, 0.1) is 19.3 Å². The summed E-state index contributed by atoms with van der Waals surface area (Å²) in [5.41, 5.74) is 3.06. The molecule has 0 saturated carbocycles. The summed E-state index contributed by atoms with van der Waals surface area (Å²) < 4.78 is 19.3. The van der Waals surface area contributed by atoms with Crippen molar-refractivity contribution < 1.29 is 13.9 Å². The van der Waals surface area contributed by atoms with Crippen LogP contribution in [0, 0.1) is 5.82 Å². The van der Waals surface area contributed by atoms with E-state index in [2.05, 4.69) is 23.2 Å². The van der Waals surface area contributed by atoms with Crippen LogP contribution in [0.4, 0.5) is 14.9 Å². The largest absolute Gasteiger partial charge is 0.379 e. The number of hydrogen-bond acceptors (Lipinski definition) is 3. The number of carbonyl (C=O) groups is 1. The van der Waals surface area contributed by atoms with Crippen LogP contribution in [0.3, 0.4) is 0 Å². The van der Waals surface area contributed by atoms with Crippen molar-refractivity contribution in [3.63, 3.8) is 0 Å². The molecule has 29 heavy (non-hydrogen) atoms. The molecule has 5 nitrogen and oxygen atoms in total. The van der Waals surface area contributed by atoms with E-state index < -0.39 is 0 Å². The third kappa shape index (κ3) is 4.43. The minimum atomic E-state index is -0.259. The summed E-state index contributed by atoms with van der Waals surface area (Å²) in [6.45, 7) is 5.34. The van der Waals surface area contributed by atoms with Crippen molar-refractivity contribution in [1.29, 1.82) is 0 Å². The number of carbonyl (C=O) groups excluding carboxylic acids is 1. The fourth-order valence-corrected chi connectivity index (χ4v) is 4.33. The lowest BCUT2D eigenvalue weighted by Crippen LogP contribution is -2.50. The minimum Gasteiger partial charge on any atom is -0.379 e. The molecular formula is C23H28FN3O2. The van der Waals surface area contributed by atoms with E-state index in [0.717, 1.165) is 37.2 Å². The number of nitrogens with one attached hydrogen (secondary N) is 1. The molecule has 1 N–H and O–H groups in total. The van der Waals surface area contributed by atoms with Crippen molar-refractivity contribution in [2.45, 2.75) is 31.8 Å². The van der Waals surface area contributed by atoms with Gasteiger partial charge in [0.1, 0.15) is 5.82 Å². The first-order valence-corrected chi connectivity index (χ1v) is 10.4. The first kappa shape index (κ1) is 19.9. The summed E-state index contributed by atoms with van der Waals surface area (Å²) in [4.78, 5) is 17.3. The van der Waals surface area contributed by atoms with Gasteiger partial charge in [0.25, 0.3) is 0 Å². The molecule has 0 bridgehead atoms. The second-order valence-electron chi connectivity index (χ2n) is 7.79. The molecule has 2 aliphatic heterocycles. The van der Waals surface area contributed by atoms with Crippen LogP contribution >= 0.6 is 0 Å². The molecule has 1 saturated heterocycles. The predicted octanol–water partition coefficient (Wildman–Crippen LogP) is 3.75. The zero-order valence-electron chi connectivity index (χ0n) is 16.8. The average molecular weight is 397 g/mol. The Labute approximate surface area is 171 Å². The molecule has 4 rings (SSSR count). The molecule has 6 heteroatoms. The van der Waals surface area contributed by atoms with Crippen molar-refractivity contribution in [3.05, 3.63) is 65.5 Å². The summed E-state index contributed by atoms with van der Waals surface area (Å²) in [6, 6.07) is 14.7. The number of fused-ring (bicyclic) bond motifs is 1. The molecule has 0 radical (unpaired) electrons. The van der Waals surface area contributed by atoms with Crippen molar-refractivity contribution in [2.75, 3.05) is 37.7 Å². The molecule has 2 amide bonds. The van der Waals surface area contributed by atoms with Crippen LogP contribution in [0.5, 0.6) is 0 Å². The second kappa shape index (κ2) is 8.93. The molecule has 1 fully saturated rings. The maximum atomic E-state index is 13.9.